The van der Waals surface area contributed by atoms with Gasteiger partial charge in [-0.15, -0.1) is 0 Å². The van der Waals surface area contributed by atoms with Crippen molar-refractivity contribution in [3.05, 3.63) is 48.2 Å². The first-order chi connectivity index (χ1) is 4.61. The Morgan fingerprint density at radius 2 is 1.30 bits per heavy atom. The first-order valence-electron chi connectivity index (χ1n) is 3.36. The second-order valence-electron chi connectivity index (χ2n) is 2.71. The predicted molar refractivity (Wildman–Crippen MR) is 44.8 cm³/mol. The first-order valence-corrected chi connectivity index (χ1v) is 3.36. The summed E-state index contributed by atoms with van der Waals surface area (Å²) >= 11 is 0. The van der Waals surface area contributed by atoms with Crippen molar-refractivity contribution in [3.8, 4) is 0 Å². The zero-order valence-electron chi connectivity index (χ0n) is 6.57. The number of rotatable bonds is 0. The number of benzene rings is 1. The second-order valence-corrected chi connectivity index (χ2v) is 2.71. The Hall–Kier alpha value is -0.780. The van der Waals surface area contributed by atoms with Crippen molar-refractivity contribution in [2.24, 2.45) is 0 Å². The minimum absolute atomic E-state index is 1.08. The molecule has 0 aromatic heterocycles. The lowest BCUT2D eigenvalue weighted by Gasteiger charge is -2.03. The van der Waals surface area contributed by atoms with Gasteiger partial charge in [0.15, 0.2) is 0 Å². The van der Waals surface area contributed by atoms with E-state index in [-0.39, 0.29) is 0 Å². The first kappa shape index (κ1) is 7.33. The van der Waals surface area contributed by atoms with Crippen LogP contribution in [0.15, 0.2) is 12.1 Å². The number of hydrogen-bond donors (Lipinski definition) is 0. The van der Waals surface area contributed by atoms with E-state index in [2.05, 4.69) is 33.8 Å². The molecule has 0 unspecified atom stereocenters. The summed E-state index contributed by atoms with van der Waals surface area (Å²) in [6.45, 7) is 11.9. The van der Waals surface area contributed by atoms with E-state index in [9.17, 15) is 0 Å². The monoisotopic (exact) mass is 132 g/mol. The standard InChI is InChI=1S/C10H12/c1-7-5-9(3)10(4)6-8(7)2/h5-6H,1,3H2,2,4H3. The zero-order chi connectivity index (χ0) is 7.72. The van der Waals surface area contributed by atoms with E-state index >= 15 is 0 Å². The maximum atomic E-state index is 3.88. The molecule has 0 saturated carbocycles. The van der Waals surface area contributed by atoms with E-state index in [1.165, 1.54) is 11.1 Å². The molecular formula is C10H12. The van der Waals surface area contributed by atoms with Crippen LogP contribution in [0.3, 0.4) is 0 Å². The van der Waals surface area contributed by atoms with Gasteiger partial charge in [-0.05, 0) is 49.9 Å². The second kappa shape index (κ2) is 2.45. The fourth-order valence-corrected chi connectivity index (χ4v) is 0.948. The van der Waals surface area contributed by atoms with Gasteiger partial charge in [0, 0.05) is 0 Å². The Labute approximate surface area is 62.9 Å². The van der Waals surface area contributed by atoms with Gasteiger partial charge in [0.1, 0.15) is 0 Å². The van der Waals surface area contributed by atoms with Crippen molar-refractivity contribution < 1.29 is 0 Å². The van der Waals surface area contributed by atoms with Crippen LogP contribution in [0.1, 0.15) is 22.3 Å². The SMILES string of the molecule is [CH2]c1cc([CH2])c(C)cc1C. The number of hydrogen-bond acceptors (Lipinski definition) is 0. The topological polar surface area (TPSA) is 0 Å². The molecule has 0 heterocycles. The van der Waals surface area contributed by atoms with Gasteiger partial charge >= 0.3 is 0 Å². The van der Waals surface area contributed by atoms with Crippen LogP contribution >= 0.6 is 0 Å². The highest BCUT2D eigenvalue weighted by molar-refractivity contribution is 5.39. The normalized spacial score (nSPS) is 10.0. The molecule has 0 heteroatoms. The van der Waals surface area contributed by atoms with Crippen molar-refractivity contribution in [2.45, 2.75) is 13.8 Å². The molecule has 52 valence electrons. The molecule has 0 bridgehead atoms. The van der Waals surface area contributed by atoms with Gasteiger partial charge in [0.25, 0.3) is 0 Å². The molecule has 0 aliphatic heterocycles. The molecule has 0 aliphatic rings. The molecule has 1 aromatic carbocycles. The van der Waals surface area contributed by atoms with Crippen molar-refractivity contribution in [1.29, 1.82) is 0 Å². The van der Waals surface area contributed by atoms with Crippen molar-refractivity contribution >= 4 is 0 Å². The lowest BCUT2D eigenvalue weighted by molar-refractivity contribution is 1.32. The Bertz CT molecular complexity index is 196. The number of aryl methyl sites for hydroxylation is 2. The molecule has 2 radical (unpaired) electrons. The fraction of sp³-hybridized carbons (Fsp3) is 0.200. The fourth-order valence-electron chi connectivity index (χ4n) is 0.948. The summed E-state index contributed by atoms with van der Waals surface area (Å²) in [5.74, 6) is 0. The Kier molecular flexibility index (Phi) is 1.80. The Morgan fingerprint density at radius 3 is 1.60 bits per heavy atom. The van der Waals surface area contributed by atoms with Gasteiger partial charge in [-0.25, -0.2) is 0 Å². The molecule has 0 aliphatic carbocycles. The van der Waals surface area contributed by atoms with Crippen LogP contribution in [0, 0.1) is 27.7 Å². The zero-order valence-corrected chi connectivity index (χ0v) is 6.57. The molecular weight excluding hydrogens is 120 g/mol. The van der Waals surface area contributed by atoms with Crippen LogP contribution in [0.2, 0.25) is 0 Å². The Morgan fingerprint density at radius 1 is 0.900 bits per heavy atom. The van der Waals surface area contributed by atoms with E-state index in [1.807, 2.05) is 6.07 Å². The van der Waals surface area contributed by atoms with Crippen LogP contribution < -0.4 is 0 Å². The molecule has 0 nitrogen and oxygen atoms in total. The summed E-state index contributed by atoms with van der Waals surface area (Å²) in [7, 11) is 0. The van der Waals surface area contributed by atoms with Crippen molar-refractivity contribution in [3.63, 3.8) is 0 Å². The third-order valence-electron chi connectivity index (χ3n) is 1.79. The largest absolute Gasteiger partial charge is 0.0558 e. The van der Waals surface area contributed by atoms with E-state index < -0.39 is 0 Å². The maximum absolute atomic E-state index is 3.88. The van der Waals surface area contributed by atoms with Gasteiger partial charge in [-0.1, -0.05) is 12.1 Å². The van der Waals surface area contributed by atoms with Gasteiger partial charge in [-0.3, -0.25) is 0 Å². The van der Waals surface area contributed by atoms with Crippen LogP contribution in [-0.4, -0.2) is 0 Å². The summed E-state index contributed by atoms with van der Waals surface area (Å²) in [6.07, 6.45) is 0. The summed E-state index contributed by atoms with van der Waals surface area (Å²) < 4.78 is 0. The van der Waals surface area contributed by atoms with Crippen molar-refractivity contribution in [1.82, 2.24) is 0 Å². The summed E-state index contributed by atoms with van der Waals surface area (Å²) in [4.78, 5) is 0. The molecule has 1 aromatic rings. The van der Waals surface area contributed by atoms with Gasteiger partial charge in [0.05, 0.1) is 0 Å². The molecule has 0 N–H and O–H groups in total. The Balaban J connectivity index is 3.28. The van der Waals surface area contributed by atoms with E-state index in [1.54, 1.807) is 0 Å². The lowest BCUT2D eigenvalue weighted by atomic mass is 10.0. The summed E-state index contributed by atoms with van der Waals surface area (Å²) in [6, 6.07) is 4.13. The quantitative estimate of drug-likeness (QED) is 0.509. The smallest absolute Gasteiger partial charge is 0.0235 e. The minimum atomic E-state index is 1.08. The third kappa shape index (κ3) is 1.21. The highest BCUT2D eigenvalue weighted by Crippen LogP contribution is 2.13. The lowest BCUT2D eigenvalue weighted by Crippen LogP contribution is -1.86. The highest BCUT2D eigenvalue weighted by atomic mass is 14.0. The van der Waals surface area contributed by atoms with Crippen LogP contribution in [0.4, 0.5) is 0 Å². The molecule has 0 spiro atoms. The molecule has 0 fully saturated rings. The minimum Gasteiger partial charge on any atom is -0.0558 e. The molecule has 1 rings (SSSR count). The van der Waals surface area contributed by atoms with Gasteiger partial charge < -0.3 is 0 Å². The average molecular weight is 132 g/mol. The predicted octanol–water partition coefficient (Wildman–Crippen LogP) is 2.67. The van der Waals surface area contributed by atoms with Crippen LogP contribution in [0.25, 0.3) is 0 Å². The third-order valence-corrected chi connectivity index (χ3v) is 1.79. The molecule has 10 heavy (non-hydrogen) atoms. The van der Waals surface area contributed by atoms with E-state index in [0.717, 1.165) is 11.1 Å². The van der Waals surface area contributed by atoms with E-state index in [4.69, 9.17) is 0 Å². The molecule has 0 amide bonds. The summed E-state index contributed by atoms with van der Waals surface area (Å²) in [5.41, 5.74) is 4.64. The average Bonchev–Trinajstić information content (AvgIpc) is 1.84. The van der Waals surface area contributed by atoms with Crippen molar-refractivity contribution in [2.75, 3.05) is 0 Å². The highest BCUT2D eigenvalue weighted by Gasteiger charge is 1.95. The molecule has 0 saturated heterocycles. The van der Waals surface area contributed by atoms with E-state index in [0.29, 0.717) is 0 Å². The molecule has 0 atom stereocenters. The van der Waals surface area contributed by atoms with Crippen LogP contribution in [-0.2, 0) is 0 Å². The van der Waals surface area contributed by atoms with Gasteiger partial charge in [0.2, 0.25) is 0 Å². The van der Waals surface area contributed by atoms with Gasteiger partial charge in [-0.2, -0.15) is 0 Å². The maximum Gasteiger partial charge on any atom is -0.0235 e. The summed E-state index contributed by atoms with van der Waals surface area (Å²) in [5, 5.41) is 0. The van der Waals surface area contributed by atoms with Crippen LogP contribution in [0.5, 0.6) is 0 Å².